The molecule has 0 saturated carbocycles. The molecule has 12 heteroatoms. The van der Waals surface area contributed by atoms with E-state index in [2.05, 4.69) is 10.3 Å². The second-order valence-corrected chi connectivity index (χ2v) is 11.3. The Labute approximate surface area is 210 Å². The molecule has 0 bridgehead atoms. The lowest BCUT2D eigenvalue weighted by Gasteiger charge is -2.14. The summed E-state index contributed by atoms with van der Waals surface area (Å²) >= 11 is 0.896. The quantitative estimate of drug-likeness (QED) is 0.347. The van der Waals surface area contributed by atoms with Crippen molar-refractivity contribution in [1.82, 2.24) is 14.9 Å². The molecule has 4 aromatic rings. The van der Waals surface area contributed by atoms with Gasteiger partial charge in [-0.3, -0.25) is 9.59 Å². The van der Waals surface area contributed by atoms with Crippen LogP contribution in [0, 0.1) is 26.6 Å². The van der Waals surface area contributed by atoms with Crippen LogP contribution in [0.25, 0.3) is 21.3 Å². The third-order valence-corrected chi connectivity index (χ3v) is 8.60. The van der Waals surface area contributed by atoms with Gasteiger partial charge in [0.2, 0.25) is 10.0 Å². The zero-order valence-electron chi connectivity index (χ0n) is 20.3. The number of nitrogens with zero attached hydrogens (tertiary/aromatic N) is 1. The Morgan fingerprint density at radius 2 is 1.83 bits per heavy atom. The molecule has 3 aromatic heterocycles. The number of amides is 1. The SMILES string of the molecule is CCNC(=O)c1cc2c(-c3sc(S(N)(=O)=O)c(C)c3Oc3c(C)cc(F)cc3C)cn(C)c(=O)c2[nH]1. The highest BCUT2D eigenvalue weighted by atomic mass is 32.2. The van der Waals surface area contributed by atoms with Crippen molar-refractivity contribution in [1.29, 1.82) is 0 Å². The van der Waals surface area contributed by atoms with Crippen LogP contribution in [-0.4, -0.2) is 30.4 Å². The third kappa shape index (κ3) is 4.43. The Hall–Kier alpha value is -3.48. The van der Waals surface area contributed by atoms with Crippen LogP contribution in [0.3, 0.4) is 0 Å². The zero-order valence-corrected chi connectivity index (χ0v) is 21.9. The van der Waals surface area contributed by atoms with Crippen molar-refractivity contribution in [2.45, 2.75) is 31.9 Å². The molecule has 0 aliphatic rings. The van der Waals surface area contributed by atoms with Gasteiger partial charge in [0, 0.05) is 36.3 Å². The van der Waals surface area contributed by atoms with Gasteiger partial charge in [-0.2, -0.15) is 0 Å². The number of hydrogen-bond acceptors (Lipinski definition) is 6. The number of fused-ring (bicyclic) bond motifs is 1. The van der Waals surface area contributed by atoms with Crippen LogP contribution >= 0.6 is 11.3 Å². The molecule has 0 aliphatic heterocycles. The van der Waals surface area contributed by atoms with E-state index < -0.39 is 15.8 Å². The van der Waals surface area contributed by atoms with Crippen molar-refractivity contribution in [3.05, 3.63) is 63.0 Å². The number of sulfonamides is 1. The van der Waals surface area contributed by atoms with E-state index in [0.29, 0.717) is 39.2 Å². The van der Waals surface area contributed by atoms with Gasteiger partial charge < -0.3 is 19.6 Å². The normalized spacial score (nSPS) is 11.8. The van der Waals surface area contributed by atoms with Crippen LogP contribution in [0.5, 0.6) is 11.5 Å². The maximum absolute atomic E-state index is 13.9. The predicted molar refractivity (Wildman–Crippen MR) is 137 cm³/mol. The van der Waals surface area contributed by atoms with Gasteiger partial charge >= 0.3 is 0 Å². The van der Waals surface area contributed by atoms with Gasteiger partial charge in [0.15, 0.2) is 0 Å². The molecular weight excluding hydrogens is 507 g/mol. The van der Waals surface area contributed by atoms with Gasteiger partial charge in [-0.1, -0.05) is 0 Å². The number of primary sulfonamides is 1. The van der Waals surface area contributed by atoms with Crippen LogP contribution < -0.4 is 20.8 Å². The molecule has 4 N–H and O–H groups in total. The number of H-pyrrole nitrogens is 1. The minimum atomic E-state index is -4.11. The molecule has 0 atom stereocenters. The number of rotatable bonds is 6. The fourth-order valence-electron chi connectivity index (χ4n) is 4.10. The summed E-state index contributed by atoms with van der Waals surface area (Å²) in [4.78, 5) is 28.6. The first-order valence-corrected chi connectivity index (χ1v) is 13.3. The van der Waals surface area contributed by atoms with E-state index in [0.717, 1.165) is 11.3 Å². The molecule has 4 rings (SSSR count). The number of nitrogens with one attached hydrogen (secondary N) is 2. The summed E-state index contributed by atoms with van der Waals surface area (Å²) in [6.07, 6.45) is 1.55. The average Bonchev–Trinajstić information content (AvgIpc) is 3.36. The molecule has 0 radical (unpaired) electrons. The Kier molecular flexibility index (Phi) is 6.54. The fourth-order valence-corrected chi connectivity index (χ4v) is 6.33. The molecule has 36 heavy (non-hydrogen) atoms. The minimum absolute atomic E-state index is 0.105. The molecule has 0 fully saturated rings. The molecule has 9 nitrogen and oxygen atoms in total. The zero-order chi connectivity index (χ0) is 26.5. The summed E-state index contributed by atoms with van der Waals surface area (Å²) in [6, 6.07) is 4.18. The number of aromatic nitrogens is 2. The van der Waals surface area contributed by atoms with E-state index in [1.165, 1.54) is 16.7 Å². The van der Waals surface area contributed by atoms with Crippen molar-refractivity contribution in [2.24, 2.45) is 12.2 Å². The van der Waals surface area contributed by atoms with Gasteiger partial charge in [-0.05, 0) is 57.0 Å². The van der Waals surface area contributed by atoms with Crippen molar-refractivity contribution < 1.29 is 22.3 Å². The van der Waals surface area contributed by atoms with Crippen LogP contribution in [0.4, 0.5) is 4.39 Å². The number of pyridine rings is 1. The topological polar surface area (TPSA) is 136 Å². The largest absolute Gasteiger partial charge is 0.455 e. The van der Waals surface area contributed by atoms with Crippen LogP contribution in [-0.2, 0) is 17.1 Å². The number of ether oxygens (including phenoxy) is 1. The van der Waals surface area contributed by atoms with E-state index in [9.17, 15) is 22.4 Å². The molecule has 0 unspecified atom stereocenters. The number of carbonyl (C=O) groups excluding carboxylic acids is 1. The number of thiophene rings is 1. The lowest BCUT2D eigenvalue weighted by atomic mass is 10.1. The Bertz CT molecular complexity index is 1680. The van der Waals surface area contributed by atoms with E-state index in [-0.39, 0.29) is 38.2 Å². The molecule has 0 spiro atoms. The third-order valence-electron chi connectivity index (χ3n) is 5.73. The molecule has 3 heterocycles. The van der Waals surface area contributed by atoms with Gasteiger partial charge in [-0.25, -0.2) is 17.9 Å². The lowest BCUT2D eigenvalue weighted by Crippen LogP contribution is -2.23. The van der Waals surface area contributed by atoms with Crippen molar-refractivity contribution in [3.8, 4) is 21.9 Å². The summed E-state index contributed by atoms with van der Waals surface area (Å²) in [7, 11) is -2.56. The molecule has 0 saturated heterocycles. The summed E-state index contributed by atoms with van der Waals surface area (Å²) in [5.74, 6) is -0.224. The van der Waals surface area contributed by atoms with E-state index in [4.69, 9.17) is 9.88 Å². The maximum atomic E-state index is 13.9. The van der Waals surface area contributed by atoms with Crippen LogP contribution in [0.1, 0.15) is 34.1 Å². The average molecular weight is 533 g/mol. The first-order valence-electron chi connectivity index (χ1n) is 10.9. The first kappa shape index (κ1) is 25.6. The maximum Gasteiger partial charge on any atom is 0.274 e. The molecule has 1 aromatic carbocycles. The van der Waals surface area contributed by atoms with Crippen LogP contribution in [0.15, 0.2) is 33.4 Å². The van der Waals surface area contributed by atoms with E-state index in [1.807, 2.05) is 0 Å². The molecular formula is C24H25FN4O5S2. The molecule has 0 aliphatic carbocycles. The summed E-state index contributed by atoms with van der Waals surface area (Å²) in [5.41, 5.74) is 1.79. The predicted octanol–water partition coefficient (Wildman–Crippen LogP) is 3.85. The molecule has 1 amide bonds. The Balaban J connectivity index is 2.04. The van der Waals surface area contributed by atoms with Gasteiger partial charge in [0.25, 0.3) is 11.5 Å². The fraction of sp³-hybridized carbons (Fsp3) is 0.250. The Morgan fingerprint density at radius 1 is 1.19 bits per heavy atom. The number of nitrogens with two attached hydrogens (primary N) is 1. The number of halogens is 1. The van der Waals surface area contributed by atoms with Crippen molar-refractivity contribution >= 4 is 38.2 Å². The summed E-state index contributed by atoms with van der Waals surface area (Å²) in [6.45, 7) is 7.11. The van der Waals surface area contributed by atoms with Gasteiger partial charge in [-0.15, -0.1) is 11.3 Å². The highest BCUT2D eigenvalue weighted by molar-refractivity contribution is 7.91. The highest BCUT2D eigenvalue weighted by Crippen LogP contribution is 2.48. The lowest BCUT2D eigenvalue weighted by molar-refractivity contribution is 0.0951. The Morgan fingerprint density at radius 3 is 2.42 bits per heavy atom. The minimum Gasteiger partial charge on any atom is -0.455 e. The van der Waals surface area contributed by atoms with E-state index >= 15 is 0 Å². The number of hydrogen-bond donors (Lipinski definition) is 3. The van der Waals surface area contributed by atoms with Crippen molar-refractivity contribution in [2.75, 3.05) is 6.54 Å². The summed E-state index contributed by atoms with van der Waals surface area (Å²) < 4.78 is 46.2. The van der Waals surface area contributed by atoms with Gasteiger partial charge in [0.1, 0.15) is 32.7 Å². The number of carbonyl (C=O) groups is 1. The summed E-state index contributed by atoms with van der Waals surface area (Å²) in [5, 5.41) is 8.60. The highest BCUT2D eigenvalue weighted by Gasteiger charge is 2.28. The monoisotopic (exact) mass is 532 g/mol. The number of benzene rings is 1. The standard InChI is InChI=1S/C24H25FN4O5S2/c1-6-27-22(30)17-9-15-16(10-29(5)23(31)18(15)28-17)21-20(13(4)24(35-21)36(26,32)33)34-19-11(2)7-14(25)8-12(19)3/h7-10,28H,6H2,1-5H3,(H,27,30)(H2,26,32,33). The second-order valence-electron chi connectivity index (χ2n) is 8.48. The first-order chi connectivity index (χ1) is 16.8. The van der Waals surface area contributed by atoms with Gasteiger partial charge in [0.05, 0.1) is 4.88 Å². The smallest absolute Gasteiger partial charge is 0.274 e. The number of aryl methyl sites for hydroxylation is 3. The van der Waals surface area contributed by atoms with Crippen LogP contribution in [0.2, 0.25) is 0 Å². The molecule has 190 valence electrons. The number of aromatic amines is 1. The second kappa shape index (κ2) is 9.19. The van der Waals surface area contributed by atoms with Crippen molar-refractivity contribution in [3.63, 3.8) is 0 Å². The van der Waals surface area contributed by atoms with E-state index in [1.54, 1.807) is 47.0 Å².